The van der Waals surface area contributed by atoms with Crippen LogP contribution in [0, 0.1) is 0 Å². The summed E-state index contributed by atoms with van der Waals surface area (Å²) in [4.78, 5) is 22.0. The van der Waals surface area contributed by atoms with Gasteiger partial charge in [0.1, 0.15) is 0 Å². The highest BCUT2D eigenvalue weighted by Crippen LogP contribution is 2.03. The van der Waals surface area contributed by atoms with E-state index in [1.54, 1.807) is 0 Å². The molecule has 0 saturated carbocycles. The lowest BCUT2D eigenvalue weighted by atomic mass is 10.1. The third-order valence-corrected chi connectivity index (χ3v) is 2.25. The van der Waals surface area contributed by atoms with Gasteiger partial charge in [-0.15, -0.1) is 0 Å². The second-order valence-corrected chi connectivity index (χ2v) is 3.68. The molecule has 0 fully saturated rings. The van der Waals surface area contributed by atoms with Crippen molar-refractivity contribution in [3.63, 3.8) is 0 Å². The van der Waals surface area contributed by atoms with Gasteiger partial charge in [0, 0.05) is 12.6 Å². The number of hydrogen-bond acceptors (Lipinski definition) is 3. The molecule has 0 aromatic heterocycles. The molecular weight excluding hydrogens is 222 g/mol. The maximum absolute atomic E-state index is 10.8. The summed E-state index contributed by atoms with van der Waals surface area (Å²) in [5, 5.41) is 8.73. The fraction of sp³-hybridized carbons (Fsp3) is 0.273. The second-order valence-electron chi connectivity index (χ2n) is 3.68. The molecule has 5 N–H and O–H groups in total. The lowest BCUT2D eigenvalue weighted by Crippen LogP contribution is -2.47. The van der Waals surface area contributed by atoms with E-state index in [-0.39, 0.29) is 6.54 Å². The topological polar surface area (TPSA) is 110 Å². The van der Waals surface area contributed by atoms with Gasteiger partial charge in [0.15, 0.2) is 0 Å². The summed E-state index contributed by atoms with van der Waals surface area (Å²) >= 11 is 0. The monoisotopic (exact) mass is 237 g/mol. The summed E-state index contributed by atoms with van der Waals surface area (Å²) < 4.78 is 0. The molecule has 0 bridgehead atoms. The molecule has 1 unspecified atom stereocenters. The largest absolute Gasteiger partial charge is 0.465 e. The molecule has 92 valence electrons. The quantitative estimate of drug-likeness (QED) is 0.712. The van der Waals surface area contributed by atoms with Crippen LogP contribution in [0.5, 0.6) is 0 Å². The number of amides is 3. The van der Waals surface area contributed by atoms with Gasteiger partial charge in [-0.1, -0.05) is 30.3 Å². The lowest BCUT2D eigenvalue weighted by Gasteiger charge is -2.19. The average molecular weight is 237 g/mol. The minimum atomic E-state index is -1.39. The first-order valence-electron chi connectivity index (χ1n) is 5.10. The molecule has 1 aromatic rings. The Bertz CT molecular complexity index is 380. The number of imide groups is 1. The Morgan fingerprint density at radius 3 is 2.35 bits per heavy atom. The summed E-state index contributed by atoms with van der Waals surface area (Å²) in [6.07, 6.45) is -0.904. The number of urea groups is 1. The van der Waals surface area contributed by atoms with E-state index in [9.17, 15) is 9.59 Å². The first kappa shape index (κ1) is 13.0. The van der Waals surface area contributed by atoms with E-state index >= 15 is 0 Å². The summed E-state index contributed by atoms with van der Waals surface area (Å²) in [5.74, 6) is 0. The van der Waals surface area contributed by atoms with E-state index in [1.807, 2.05) is 30.3 Å². The summed E-state index contributed by atoms with van der Waals surface area (Å²) in [6, 6.07) is 7.89. The van der Waals surface area contributed by atoms with Crippen molar-refractivity contribution in [2.75, 3.05) is 6.54 Å². The van der Waals surface area contributed by atoms with Crippen molar-refractivity contribution in [2.24, 2.45) is 11.5 Å². The minimum Gasteiger partial charge on any atom is -0.465 e. The van der Waals surface area contributed by atoms with E-state index in [0.29, 0.717) is 11.3 Å². The molecule has 1 atom stereocenters. The Hall–Kier alpha value is -2.08. The smallest absolute Gasteiger partial charge is 0.415 e. The first-order chi connectivity index (χ1) is 8.00. The van der Waals surface area contributed by atoms with Crippen LogP contribution in [-0.2, 0) is 6.42 Å². The molecule has 6 heteroatoms. The fourth-order valence-electron chi connectivity index (χ4n) is 1.48. The Kier molecular flexibility index (Phi) is 4.47. The van der Waals surface area contributed by atoms with Crippen LogP contribution in [0.25, 0.3) is 0 Å². The highest BCUT2D eigenvalue weighted by atomic mass is 16.4. The molecule has 0 aliphatic heterocycles. The zero-order chi connectivity index (χ0) is 12.8. The van der Waals surface area contributed by atoms with Crippen molar-refractivity contribution in [3.05, 3.63) is 35.9 Å². The van der Waals surface area contributed by atoms with Crippen LogP contribution < -0.4 is 11.5 Å². The first-order valence-corrected chi connectivity index (χ1v) is 5.10. The van der Waals surface area contributed by atoms with Crippen molar-refractivity contribution in [1.29, 1.82) is 0 Å². The van der Waals surface area contributed by atoms with Gasteiger partial charge in [0.05, 0.1) is 0 Å². The number of nitrogens with zero attached hydrogens (tertiary/aromatic N) is 1. The van der Waals surface area contributed by atoms with E-state index in [1.165, 1.54) is 0 Å². The Balaban J connectivity index is 2.57. The van der Waals surface area contributed by atoms with Gasteiger partial charge in [0.2, 0.25) is 0 Å². The maximum Gasteiger partial charge on any atom is 0.415 e. The number of hydrogen-bond donors (Lipinski definition) is 3. The van der Waals surface area contributed by atoms with E-state index in [0.717, 1.165) is 5.56 Å². The molecule has 3 amide bonds. The summed E-state index contributed by atoms with van der Waals surface area (Å²) in [5.41, 5.74) is 11.7. The molecule has 0 saturated heterocycles. The zero-order valence-corrected chi connectivity index (χ0v) is 9.24. The summed E-state index contributed by atoms with van der Waals surface area (Å²) in [6.45, 7) is -0.112. The number of carbonyl (C=O) groups excluding carboxylic acids is 1. The predicted molar refractivity (Wildman–Crippen MR) is 62.4 cm³/mol. The zero-order valence-electron chi connectivity index (χ0n) is 9.24. The van der Waals surface area contributed by atoms with Crippen molar-refractivity contribution in [3.8, 4) is 0 Å². The number of nitrogens with two attached hydrogens (primary N) is 2. The maximum atomic E-state index is 10.8. The Morgan fingerprint density at radius 1 is 1.29 bits per heavy atom. The van der Waals surface area contributed by atoms with Gasteiger partial charge >= 0.3 is 12.1 Å². The molecule has 0 heterocycles. The van der Waals surface area contributed by atoms with Crippen molar-refractivity contribution < 1.29 is 14.7 Å². The number of benzene rings is 1. The highest BCUT2D eigenvalue weighted by Gasteiger charge is 2.20. The third kappa shape index (κ3) is 4.12. The van der Waals surface area contributed by atoms with Gasteiger partial charge < -0.3 is 16.6 Å². The van der Waals surface area contributed by atoms with Gasteiger partial charge in [-0.25, -0.2) is 14.5 Å². The number of primary amides is 1. The highest BCUT2D eigenvalue weighted by molar-refractivity contribution is 5.88. The molecule has 1 rings (SSSR count). The van der Waals surface area contributed by atoms with Crippen molar-refractivity contribution in [1.82, 2.24) is 4.90 Å². The van der Waals surface area contributed by atoms with Crippen LogP contribution in [0.4, 0.5) is 9.59 Å². The molecule has 0 aliphatic carbocycles. The molecule has 6 nitrogen and oxygen atoms in total. The van der Waals surface area contributed by atoms with Crippen LogP contribution in [0.3, 0.4) is 0 Å². The van der Waals surface area contributed by atoms with Gasteiger partial charge in [-0.3, -0.25) is 0 Å². The van der Waals surface area contributed by atoms with Crippen LogP contribution in [-0.4, -0.2) is 34.7 Å². The van der Waals surface area contributed by atoms with E-state index < -0.39 is 18.2 Å². The predicted octanol–water partition coefficient (Wildman–Crippen LogP) is 0.615. The number of rotatable bonds is 4. The third-order valence-electron chi connectivity index (χ3n) is 2.25. The standard InChI is InChI=1S/C11H15N3O3/c12-9(6-8-4-2-1-3-5-8)7-14(10(13)15)11(16)17/h1-5,9H,6-7,12H2,(H2,13,15)(H,16,17). The number of carboxylic acid groups (broad SMARTS) is 1. The minimum absolute atomic E-state index is 0.112. The number of carbonyl (C=O) groups is 2. The molecule has 17 heavy (non-hydrogen) atoms. The van der Waals surface area contributed by atoms with Gasteiger partial charge in [0.25, 0.3) is 0 Å². The lowest BCUT2D eigenvalue weighted by molar-refractivity contribution is 0.149. The molecule has 0 radical (unpaired) electrons. The van der Waals surface area contributed by atoms with Crippen LogP contribution in [0.1, 0.15) is 5.56 Å². The molecule has 1 aromatic carbocycles. The molecular formula is C11H15N3O3. The Morgan fingerprint density at radius 2 is 1.88 bits per heavy atom. The van der Waals surface area contributed by atoms with Crippen LogP contribution in [0.2, 0.25) is 0 Å². The SMILES string of the molecule is NC(=O)N(CC(N)Cc1ccccc1)C(=O)O. The van der Waals surface area contributed by atoms with E-state index in [4.69, 9.17) is 16.6 Å². The van der Waals surface area contributed by atoms with Gasteiger partial charge in [-0.05, 0) is 12.0 Å². The Labute approximate surface area is 98.8 Å². The van der Waals surface area contributed by atoms with Crippen molar-refractivity contribution >= 4 is 12.1 Å². The van der Waals surface area contributed by atoms with Crippen LogP contribution >= 0.6 is 0 Å². The average Bonchev–Trinajstić information content (AvgIpc) is 2.26. The normalized spacial score (nSPS) is 11.8. The fourth-order valence-corrected chi connectivity index (χ4v) is 1.48. The van der Waals surface area contributed by atoms with Crippen LogP contribution in [0.15, 0.2) is 30.3 Å². The molecule has 0 spiro atoms. The van der Waals surface area contributed by atoms with Crippen molar-refractivity contribution in [2.45, 2.75) is 12.5 Å². The molecule has 0 aliphatic rings. The summed E-state index contributed by atoms with van der Waals surface area (Å²) in [7, 11) is 0. The second kappa shape index (κ2) is 5.86. The van der Waals surface area contributed by atoms with Gasteiger partial charge in [-0.2, -0.15) is 0 Å². The van der Waals surface area contributed by atoms with E-state index in [2.05, 4.69) is 0 Å².